The van der Waals surface area contributed by atoms with Crippen LogP contribution in [0.3, 0.4) is 0 Å². The van der Waals surface area contributed by atoms with Gasteiger partial charge in [-0.25, -0.2) is 8.42 Å². The van der Waals surface area contributed by atoms with Crippen LogP contribution in [0.15, 0.2) is 62.6 Å². The van der Waals surface area contributed by atoms with Crippen molar-refractivity contribution in [3.05, 3.63) is 60.0 Å². The van der Waals surface area contributed by atoms with E-state index in [-0.39, 0.29) is 17.2 Å². The van der Waals surface area contributed by atoms with Gasteiger partial charge >= 0.3 is 0 Å². The number of benzene rings is 1. The summed E-state index contributed by atoms with van der Waals surface area (Å²) in [7, 11) is -2.25. The Kier molecular flexibility index (Phi) is 4.56. The van der Waals surface area contributed by atoms with E-state index < -0.39 is 10.0 Å². The molecule has 1 aromatic carbocycles. The molecule has 25 heavy (non-hydrogen) atoms. The predicted molar refractivity (Wildman–Crippen MR) is 89.3 cm³/mol. The van der Waals surface area contributed by atoms with Crippen molar-refractivity contribution in [3.63, 3.8) is 0 Å². The van der Waals surface area contributed by atoms with Gasteiger partial charge in [-0.05, 0) is 31.2 Å². The smallest absolute Gasteiger partial charge is 0.243 e. The summed E-state index contributed by atoms with van der Waals surface area (Å²) in [5.74, 6) is 0.825. The summed E-state index contributed by atoms with van der Waals surface area (Å²) in [4.78, 5) is 11.4. The Hall–Kier alpha value is -2.71. The second kappa shape index (κ2) is 6.66. The van der Waals surface area contributed by atoms with Crippen molar-refractivity contribution in [3.8, 4) is 11.5 Å². The summed E-state index contributed by atoms with van der Waals surface area (Å²) in [5, 5.41) is 3.87. The highest BCUT2D eigenvalue weighted by atomic mass is 32.2. The SMILES string of the molecule is CC(=O)c1ccc(S(=O)(=O)N(C)Cc2cc(-c3ccco3)on2)cc1. The summed E-state index contributed by atoms with van der Waals surface area (Å²) < 4.78 is 36.8. The van der Waals surface area contributed by atoms with Crippen LogP contribution in [0.2, 0.25) is 0 Å². The fraction of sp³-hybridized carbons (Fsp3) is 0.176. The van der Waals surface area contributed by atoms with Gasteiger partial charge in [0, 0.05) is 18.7 Å². The first-order valence-corrected chi connectivity index (χ1v) is 8.89. The van der Waals surface area contributed by atoms with Gasteiger partial charge in [-0.1, -0.05) is 17.3 Å². The zero-order valence-electron chi connectivity index (χ0n) is 13.7. The molecule has 3 rings (SSSR count). The number of nitrogens with zero attached hydrogens (tertiary/aromatic N) is 2. The highest BCUT2D eigenvalue weighted by Crippen LogP contribution is 2.22. The number of aromatic nitrogens is 1. The monoisotopic (exact) mass is 360 g/mol. The summed E-state index contributed by atoms with van der Waals surface area (Å²) in [6, 6.07) is 10.9. The van der Waals surface area contributed by atoms with E-state index in [0.29, 0.717) is 22.8 Å². The molecule has 0 aliphatic carbocycles. The predicted octanol–water partition coefficient (Wildman–Crippen LogP) is 2.96. The Bertz CT molecular complexity index is 972. The topological polar surface area (TPSA) is 93.6 Å². The lowest BCUT2D eigenvalue weighted by Crippen LogP contribution is -2.26. The molecule has 0 spiro atoms. The van der Waals surface area contributed by atoms with E-state index in [9.17, 15) is 13.2 Å². The molecule has 0 atom stereocenters. The standard InChI is InChI=1S/C17H16N2O5S/c1-12(20)13-5-7-15(8-6-13)25(21,22)19(2)11-14-10-17(24-18-14)16-4-3-9-23-16/h3-10H,11H2,1-2H3. The van der Waals surface area contributed by atoms with Crippen molar-refractivity contribution in [1.82, 2.24) is 9.46 Å². The number of hydrogen-bond donors (Lipinski definition) is 0. The third-order valence-electron chi connectivity index (χ3n) is 3.68. The summed E-state index contributed by atoms with van der Waals surface area (Å²) in [6.45, 7) is 1.47. The zero-order chi connectivity index (χ0) is 18.0. The minimum absolute atomic E-state index is 0.0427. The molecule has 0 aliphatic rings. The van der Waals surface area contributed by atoms with Crippen LogP contribution >= 0.6 is 0 Å². The maximum Gasteiger partial charge on any atom is 0.243 e. The van der Waals surface area contributed by atoms with Crippen LogP contribution in [0.25, 0.3) is 11.5 Å². The molecule has 0 saturated heterocycles. The molecule has 0 saturated carbocycles. The lowest BCUT2D eigenvalue weighted by molar-refractivity contribution is 0.101. The normalized spacial score (nSPS) is 11.8. The first kappa shape index (κ1) is 17.1. The number of furan rings is 1. The number of carbonyl (C=O) groups is 1. The average molecular weight is 360 g/mol. The first-order valence-electron chi connectivity index (χ1n) is 7.45. The number of hydrogen-bond acceptors (Lipinski definition) is 6. The number of Topliss-reactive ketones (excluding diaryl/α,β-unsaturated/α-hetero) is 1. The Morgan fingerprint density at radius 3 is 2.48 bits per heavy atom. The fourth-order valence-corrected chi connectivity index (χ4v) is 3.42. The number of ketones is 1. The zero-order valence-corrected chi connectivity index (χ0v) is 14.5. The first-order chi connectivity index (χ1) is 11.9. The van der Waals surface area contributed by atoms with E-state index in [2.05, 4.69) is 5.16 Å². The molecule has 2 aromatic heterocycles. The largest absolute Gasteiger partial charge is 0.461 e. The maximum atomic E-state index is 12.6. The molecule has 2 heterocycles. The highest BCUT2D eigenvalue weighted by molar-refractivity contribution is 7.89. The second-order valence-corrected chi connectivity index (χ2v) is 7.55. The Labute approximate surface area is 144 Å². The molecular formula is C17H16N2O5S. The summed E-state index contributed by atoms with van der Waals surface area (Å²) in [6.07, 6.45) is 1.51. The minimum Gasteiger partial charge on any atom is -0.461 e. The van der Waals surface area contributed by atoms with Crippen LogP contribution in [0.5, 0.6) is 0 Å². The van der Waals surface area contributed by atoms with Crippen molar-refractivity contribution in [2.24, 2.45) is 0 Å². The summed E-state index contributed by atoms with van der Waals surface area (Å²) >= 11 is 0. The molecule has 0 unspecified atom stereocenters. The van der Waals surface area contributed by atoms with Gasteiger partial charge in [0.25, 0.3) is 0 Å². The molecule has 0 aliphatic heterocycles. The van der Waals surface area contributed by atoms with Crippen LogP contribution in [-0.4, -0.2) is 30.7 Å². The van der Waals surface area contributed by atoms with Crippen LogP contribution in [0, 0.1) is 0 Å². The van der Waals surface area contributed by atoms with Crippen molar-refractivity contribution in [1.29, 1.82) is 0 Å². The quantitative estimate of drug-likeness (QED) is 0.627. The van der Waals surface area contributed by atoms with Crippen molar-refractivity contribution in [2.45, 2.75) is 18.4 Å². The van der Waals surface area contributed by atoms with E-state index in [1.54, 1.807) is 18.2 Å². The van der Waals surface area contributed by atoms with Crippen molar-refractivity contribution in [2.75, 3.05) is 7.05 Å². The third kappa shape index (κ3) is 3.54. The van der Waals surface area contributed by atoms with Crippen molar-refractivity contribution >= 4 is 15.8 Å². The van der Waals surface area contributed by atoms with E-state index >= 15 is 0 Å². The number of sulfonamides is 1. The number of carbonyl (C=O) groups excluding carboxylic acids is 1. The van der Waals surface area contributed by atoms with Gasteiger partial charge in [-0.2, -0.15) is 4.31 Å². The van der Waals surface area contributed by atoms with Gasteiger partial charge in [0.15, 0.2) is 11.5 Å². The molecule has 130 valence electrons. The third-order valence-corrected chi connectivity index (χ3v) is 5.49. The molecule has 8 heteroatoms. The Morgan fingerprint density at radius 1 is 1.16 bits per heavy atom. The van der Waals surface area contributed by atoms with Gasteiger partial charge in [0.05, 0.1) is 23.4 Å². The van der Waals surface area contributed by atoms with Crippen LogP contribution in [0.4, 0.5) is 0 Å². The van der Waals surface area contributed by atoms with Gasteiger partial charge in [0.2, 0.25) is 15.8 Å². The van der Waals surface area contributed by atoms with Gasteiger partial charge < -0.3 is 8.94 Å². The van der Waals surface area contributed by atoms with Crippen LogP contribution in [-0.2, 0) is 16.6 Å². The molecule has 0 fully saturated rings. The molecule has 0 N–H and O–H groups in total. The lowest BCUT2D eigenvalue weighted by atomic mass is 10.2. The van der Waals surface area contributed by atoms with E-state index in [1.165, 1.54) is 48.8 Å². The molecule has 0 bridgehead atoms. The van der Waals surface area contributed by atoms with Crippen LogP contribution < -0.4 is 0 Å². The minimum atomic E-state index is -3.71. The molecular weight excluding hydrogens is 344 g/mol. The van der Waals surface area contributed by atoms with E-state index in [0.717, 1.165) is 0 Å². The number of rotatable bonds is 6. The van der Waals surface area contributed by atoms with Gasteiger partial charge in [0.1, 0.15) is 0 Å². The summed E-state index contributed by atoms with van der Waals surface area (Å²) in [5.41, 5.74) is 0.916. The second-order valence-electron chi connectivity index (χ2n) is 5.50. The molecule has 0 amide bonds. The Morgan fingerprint density at radius 2 is 1.88 bits per heavy atom. The van der Waals surface area contributed by atoms with E-state index in [4.69, 9.17) is 8.94 Å². The Balaban J connectivity index is 1.77. The van der Waals surface area contributed by atoms with Crippen LogP contribution in [0.1, 0.15) is 23.0 Å². The average Bonchev–Trinajstić information content (AvgIpc) is 3.26. The molecule has 0 radical (unpaired) electrons. The van der Waals surface area contributed by atoms with Crippen molar-refractivity contribution < 1.29 is 22.2 Å². The fourth-order valence-electron chi connectivity index (χ4n) is 2.28. The van der Waals surface area contributed by atoms with Gasteiger partial charge in [-0.15, -0.1) is 0 Å². The molecule has 3 aromatic rings. The van der Waals surface area contributed by atoms with E-state index in [1.807, 2.05) is 0 Å². The highest BCUT2D eigenvalue weighted by Gasteiger charge is 2.22. The van der Waals surface area contributed by atoms with Gasteiger partial charge in [-0.3, -0.25) is 4.79 Å². The molecule has 7 nitrogen and oxygen atoms in total. The lowest BCUT2D eigenvalue weighted by Gasteiger charge is -2.15. The maximum absolute atomic E-state index is 12.6.